The highest BCUT2D eigenvalue weighted by atomic mass is 16.1. The summed E-state index contributed by atoms with van der Waals surface area (Å²) in [7, 11) is 0. The minimum Gasteiger partial charge on any atom is -0.384 e. The number of hydrogen-bond donors (Lipinski definition) is 3. The first-order chi connectivity index (χ1) is 15.1. The van der Waals surface area contributed by atoms with Crippen molar-refractivity contribution in [2.75, 3.05) is 32.7 Å². The number of nitrogens with zero attached hydrogens (tertiary/aromatic N) is 2. The van der Waals surface area contributed by atoms with Crippen molar-refractivity contribution in [3.8, 4) is 11.1 Å². The molecular weight excluding hydrogens is 386 g/mol. The Balaban J connectivity index is 1.54. The van der Waals surface area contributed by atoms with E-state index in [9.17, 15) is 4.79 Å². The fraction of sp³-hybridized carbons (Fsp3) is 0.360. The molecule has 0 saturated carbocycles. The summed E-state index contributed by atoms with van der Waals surface area (Å²) in [6.07, 6.45) is 3.24. The summed E-state index contributed by atoms with van der Waals surface area (Å²) in [6.45, 7) is 6.27. The molecule has 0 atom stereocenters. The second-order valence-electron chi connectivity index (χ2n) is 8.22. The molecule has 1 saturated heterocycles. The van der Waals surface area contributed by atoms with Crippen molar-refractivity contribution in [1.29, 1.82) is 5.41 Å². The van der Waals surface area contributed by atoms with Gasteiger partial charge in [-0.3, -0.25) is 10.2 Å². The molecule has 0 bridgehead atoms. The fourth-order valence-corrected chi connectivity index (χ4v) is 4.33. The van der Waals surface area contributed by atoms with Crippen LogP contribution in [0.5, 0.6) is 0 Å². The molecule has 4 N–H and O–H groups in total. The summed E-state index contributed by atoms with van der Waals surface area (Å²) >= 11 is 0. The maximum atomic E-state index is 13.4. The van der Waals surface area contributed by atoms with Gasteiger partial charge in [-0.25, -0.2) is 0 Å². The number of nitrogens with two attached hydrogens (primary N) is 1. The smallest absolute Gasteiger partial charge is 0.258 e. The highest BCUT2D eigenvalue weighted by molar-refractivity contribution is 5.96. The van der Waals surface area contributed by atoms with Crippen LogP contribution >= 0.6 is 0 Å². The average molecular weight is 418 g/mol. The van der Waals surface area contributed by atoms with E-state index < -0.39 is 0 Å². The van der Waals surface area contributed by atoms with Gasteiger partial charge < -0.3 is 20.5 Å². The number of nitrogen functional groups attached to an aromatic ring is 1. The zero-order valence-corrected chi connectivity index (χ0v) is 17.9. The van der Waals surface area contributed by atoms with Gasteiger partial charge in [0.25, 0.3) is 5.56 Å². The predicted octanol–water partition coefficient (Wildman–Crippen LogP) is 3.03. The topological polar surface area (TPSA) is 87.1 Å². The lowest BCUT2D eigenvalue weighted by Gasteiger charge is -2.27. The van der Waals surface area contributed by atoms with E-state index in [1.165, 1.54) is 0 Å². The molecule has 1 fully saturated rings. The van der Waals surface area contributed by atoms with Crippen molar-refractivity contribution >= 4 is 16.7 Å². The molecule has 162 valence electrons. The van der Waals surface area contributed by atoms with Crippen molar-refractivity contribution in [1.82, 2.24) is 14.8 Å². The van der Waals surface area contributed by atoms with Crippen molar-refractivity contribution in [2.24, 2.45) is 5.73 Å². The summed E-state index contributed by atoms with van der Waals surface area (Å²) < 4.78 is 1.91. The molecule has 6 nitrogen and oxygen atoms in total. The predicted molar refractivity (Wildman–Crippen MR) is 128 cm³/mol. The molecule has 2 heterocycles. The van der Waals surface area contributed by atoms with Crippen LogP contribution < -0.4 is 16.6 Å². The monoisotopic (exact) mass is 417 g/mol. The summed E-state index contributed by atoms with van der Waals surface area (Å²) in [5.41, 5.74) is 8.73. The van der Waals surface area contributed by atoms with Crippen LogP contribution in [-0.2, 0) is 6.54 Å². The number of hydrogen-bond acceptors (Lipinski definition) is 4. The number of benzene rings is 2. The fourth-order valence-electron chi connectivity index (χ4n) is 4.33. The molecule has 0 spiro atoms. The number of para-hydroxylation sites is 1. The van der Waals surface area contributed by atoms with E-state index in [1.54, 1.807) is 6.07 Å². The van der Waals surface area contributed by atoms with Crippen LogP contribution in [0.2, 0.25) is 0 Å². The van der Waals surface area contributed by atoms with Gasteiger partial charge in [0, 0.05) is 43.9 Å². The van der Waals surface area contributed by atoms with Gasteiger partial charge in [0.05, 0.1) is 5.52 Å². The van der Waals surface area contributed by atoms with Crippen LogP contribution in [-0.4, -0.2) is 48.0 Å². The molecule has 31 heavy (non-hydrogen) atoms. The lowest BCUT2D eigenvalue weighted by molar-refractivity contribution is 0.235. The minimum atomic E-state index is 0.00690. The maximum Gasteiger partial charge on any atom is 0.258 e. The van der Waals surface area contributed by atoms with Crippen molar-refractivity contribution in [3.05, 3.63) is 70.5 Å². The van der Waals surface area contributed by atoms with Gasteiger partial charge in [0.15, 0.2) is 0 Å². The lowest BCUT2D eigenvalue weighted by atomic mass is 10.0. The van der Waals surface area contributed by atoms with Gasteiger partial charge in [-0.1, -0.05) is 42.8 Å². The number of pyridine rings is 1. The van der Waals surface area contributed by atoms with Crippen molar-refractivity contribution < 1.29 is 0 Å². The number of unbranched alkanes of at least 4 members (excludes halogenated alkanes) is 2. The zero-order valence-electron chi connectivity index (χ0n) is 17.9. The minimum absolute atomic E-state index is 0.00690. The van der Waals surface area contributed by atoms with Gasteiger partial charge in [-0.15, -0.1) is 0 Å². The van der Waals surface area contributed by atoms with Crippen LogP contribution in [0.4, 0.5) is 0 Å². The number of nitrogens with one attached hydrogen (secondary N) is 2. The molecule has 6 heteroatoms. The largest absolute Gasteiger partial charge is 0.384 e. The number of aromatic nitrogens is 1. The quantitative estimate of drug-likeness (QED) is 0.299. The van der Waals surface area contributed by atoms with Crippen LogP contribution in [0, 0.1) is 5.41 Å². The van der Waals surface area contributed by atoms with Gasteiger partial charge in [-0.2, -0.15) is 0 Å². The third-order valence-electron chi connectivity index (χ3n) is 6.05. The molecule has 0 aliphatic carbocycles. The standard InChI is InChI=1S/C25H31N5O/c26-24(27)21-9-6-8-19(17-21)22-18-20-7-2-3-10-23(20)30(25(22)31)14-5-1-4-13-29-15-11-28-12-16-29/h2-3,6-10,17-18,28H,1,4-5,11-16H2,(H3,26,27). The Labute approximate surface area is 183 Å². The average Bonchev–Trinajstić information content (AvgIpc) is 2.80. The number of rotatable bonds is 8. The highest BCUT2D eigenvalue weighted by Gasteiger charge is 2.12. The molecule has 0 amide bonds. The highest BCUT2D eigenvalue weighted by Crippen LogP contribution is 2.22. The molecule has 0 unspecified atom stereocenters. The molecule has 0 radical (unpaired) electrons. The summed E-state index contributed by atoms with van der Waals surface area (Å²) in [5, 5.41) is 12.2. The maximum absolute atomic E-state index is 13.4. The van der Waals surface area contributed by atoms with E-state index >= 15 is 0 Å². The molecule has 4 rings (SSSR count). The molecular formula is C25H31N5O. The Morgan fingerprint density at radius 3 is 2.55 bits per heavy atom. The Morgan fingerprint density at radius 1 is 0.968 bits per heavy atom. The third kappa shape index (κ3) is 5.03. The molecule has 1 aliphatic rings. The van der Waals surface area contributed by atoms with Gasteiger partial charge in [0.1, 0.15) is 5.84 Å². The van der Waals surface area contributed by atoms with Gasteiger partial charge in [-0.05, 0) is 48.5 Å². The molecule has 2 aromatic carbocycles. The molecule has 3 aromatic rings. The van der Waals surface area contributed by atoms with Crippen LogP contribution in [0.3, 0.4) is 0 Å². The summed E-state index contributed by atoms with van der Waals surface area (Å²) in [5.74, 6) is 0.00690. The van der Waals surface area contributed by atoms with E-state index in [0.29, 0.717) is 17.7 Å². The number of aryl methyl sites for hydroxylation is 1. The molecule has 1 aromatic heterocycles. The van der Waals surface area contributed by atoms with E-state index in [-0.39, 0.29) is 11.4 Å². The van der Waals surface area contributed by atoms with E-state index in [1.807, 2.05) is 53.1 Å². The number of amidine groups is 1. The van der Waals surface area contributed by atoms with E-state index in [2.05, 4.69) is 10.2 Å². The number of piperazine rings is 1. The van der Waals surface area contributed by atoms with Crippen LogP contribution in [0.15, 0.2) is 59.4 Å². The Morgan fingerprint density at radius 2 is 1.74 bits per heavy atom. The Kier molecular flexibility index (Phi) is 6.79. The van der Waals surface area contributed by atoms with Crippen molar-refractivity contribution in [3.63, 3.8) is 0 Å². The first kappa shape index (κ1) is 21.3. The first-order valence-electron chi connectivity index (χ1n) is 11.1. The SMILES string of the molecule is N=C(N)c1cccc(-c2cc3ccccc3n(CCCCCN3CCNCC3)c2=O)c1. The lowest BCUT2D eigenvalue weighted by Crippen LogP contribution is -2.43. The van der Waals surface area contributed by atoms with Gasteiger partial charge >= 0.3 is 0 Å². The van der Waals surface area contributed by atoms with E-state index in [0.717, 1.165) is 68.5 Å². The van der Waals surface area contributed by atoms with Crippen LogP contribution in [0.25, 0.3) is 22.0 Å². The first-order valence-corrected chi connectivity index (χ1v) is 11.1. The van der Waals surface area contributed by atoms with E-state index in [4.69, 9.17) is 11.1 Å². The molecule has 1 aliphatic heterocycles. The summed E-state index contributed by atoms with van der Waals surface area (Å²) in [6, 6.07) is 17.4. The zero-order chi connectivity index (χ0) is 21.6. The second-order valence-corrected chi connectivity index (χ2v) is 8.22. The second kappa shape index (κ2) is 9.90. The third-order valence-corrected chi connectivity index (χ3v) is 6.05. The van der Waals surface area contributed by atoms with Crippen LogP contribution in [0.1, 0.15) is 24.8 Å². The Bertz CT molecular complexity index is 1110. The van der Waals surface area contributed by atoms with Crippen molar-refractivity contribution in [2.45, 2.75) is 25.8 Å². The normalized spacial score (nSPS) is 14.7. The van der Waals surface area contributed by atoms with Gasteiger partial charge in [0.2, 0.25) is 0 Å². The Hall–Kier alpha value is -2.96. The number of fused-ring (bicyclic) bond motifs is 1. The summed E-state index contributed by atoms with van der Waals surface area (Å²) in [4.78, 5) is 16.0.